The number of nitrogens with one attached hydrogen (secondary N) is 1. The van der Waals surface area contributed by atoms with Crippen LogP contribution in [0.4, 0.5) is 0 Å². The van der Waals surface area contributed by atoms with Crippen molar-refractivity contribution in [1.82, 2.24) is 5.32 Å². The van der Waals surface area contributed by atoms with Gasteiger partial charge in [-0.25, -0.2) is 4.79 Å². The van der Waals surface area contributed by atoms with E-state index in [9.17, 15) is 14.4 Å². The van der Waals surface area contributed by atoms with Crippen molar-refractivity contribution in [2.24, 2.45) is 0 Å². The Kier molecular flexibility index (Phi) is 5.85. The number of amides is 1. The molecule has 2 unspecified atom stereocenters. The molecule has 0 radical (unpaired) electrons. The van der Waals surface area contributed by atoms with Crippen LogP contribution >= 0.6 is 0 Å². The van der Waals surface area contributed by atoms with E-state index in [4.69, 9.17) is 17.0 Å². The number of rotatable bonds is 7. The number of methoxy groups -OCH3 is 1. The van der Waals surface area contributed by atoms with Gasteiger partial charge in [0.25, 0.3) is 0 Å². The summed E-state index contributed by atoms with van der Waals surface area (Å²) in [5, 5.41) is 2.15. The minimum atomic E-state index is -2.36. The molecule has 0 heterocycles. The van der Waals surface area contributed by atoms with E-state index in [2.05, 4.69) is 5.32 Å². The summed E-state index contributed by atoms with van der Waals surface area (Å²) in [5.74, 6) is -2.03. The van der Waals surface area contributed by atoms with E-state index in [0.29, 0.717) is 0 Å². The molecule has 1 N–H and O–H groups in total. The molecular weight excluding hydrogens is 302 g/mol. The molecule has 0 saturated carbocycles. The van der Waals surface area contributed by atoms with Crippen LogP contribution in [0.1, 0.15) is 29.1 Å². The lowest BCUT2D eigenvalue weighted by Gasteiger charge is -2.17. The van der Waals surface area contributed by atoms with Gasteiger partial charge in [-0.1, -0.05) is 6.07 Å². The lowest BCUT2D eigenvalue weighted by atomic mass is 10.1. The fraction of sp³-hybridized carbons (Fsp3) is 0.438. The summed E-state index contributed by atoms with van der Waals surface area (Å²) in [6, 6.07) is 1.83. The van der Waals surface area contributed by atoms with Crippen molar-refractivity contribution in [2.45, 2.75) is 33.2 Å². The number of ether oxygens (including phenoxy) is 3. The van der Waals surface area contributed by atoms with Crippen molar-refractivity contribution in [1.29, 1.82) is 0 Å². The minimum Gasteiger partial charge on any atom is -0.493 e. The van der Waals surface area contributed by atoms with Crippen LogP contribution in [0.2, 0.25) is 0 Å². The average Bonchev–Trinajstić information content (AvgIpc) is 2.53. The maximum Gasteiger partial charge on any atom is 0.328 e. The van der Waals surface area contributed by atoms with Crippen molar-refractivity contribution in [3.8, 4) is 11.5 Å². The Morgan fingerprint density at radius 3 is 2.52 bits per heavy atom. The van der Waals surface area contributed by atoms with Crippen LogP contribution in [0, 0.1) is 0 Å². The first kappa shape index (κ1) is 15.3. The van der Waals surface area contributed by atoms with Crippen LogP contribution < -0.4 is 14.8 Å². The van der Waals surface area contributed by atoms with E-state index < -0.39 is 30.3 Å². The highest BCUT2D eigenvalue weighted by Gasteiger charge is 2.22. The Bertz CT molecular complexity index is 666. The number of esters is 2. The monoisotopic (exact) mass is 325 g/mol. The number of benzene rings is 1. The smallest absolute Gasteiger partial charge is 0.328 e. The third kappa shape index (κ3) is 5.98. The molecule has 0 aromatic heterocycles. The normalized spacial score (nSPS) is 15.3. The van der Waals surface area contributed by atoms with Gasteiger partial charge in [-0.3, -0.25) is 9.59 Å². The van der Waals surface area contributed by atoms with Gasteiger partial charge < -0.3 is 19.5 Å². The number of hydrogen-bond donors (Lipinski definition) is 1. The first-order valence-corrected chi connectivity index (χ1v) is 6.90. The lowest BCUT2D eigenvalue weighted by molar-refractivity contribution is -0.147. The Morgan fingerprint density at radius 2 is 2.00 bits per heavy atom. The molecule has 1 amide bonds. The van der Waals surface area contributed by atoms with Crippen molar-refractivity contribution in [3.05, 3.63) is 23.8 Å². The van der Waals surface area contributed by atoms with Crippen LogP contribution in [-0.4, -0.2) is 37.6 Å². The Morgan fingerprint density at radius 1 is 1.30 bits per heavy atom. The van der Waals surface area contributed by atoms with E-state index in [1.54, 1.807) is 6.92 Å². The minimum absolute atomic E-state index is 0.00687. The third-order valence-electron chi connectivity index (χ3n) is 2.56. The Labute approximate surface area is 137 Å². The molecule has 7 nitrogen and oxygen atoms in total. The van der Waals surface area contributed by atoms with Gasteiger partial charge in [-0.15, -0.1) is 0 Å². The molecular formula is C16H21NO6. The summed E-state index contributed by atoms with van der Waals surface area (Å²) in [5.41, 5.74) is 0.161. The summed E-state index contributed by atoms with van der Waals surface area (Å²) < 4.78 is 31.5. The van der Waals surface area contributed by atoms with Crippen LogP contribution in [0.3, 0.4) is 0 Å². The largest absolute Gasteiger partial charge is 0.493 e. The van der Waals surface area contributed by atoms with Crippen molar-refractivity contribution in [3.63, 3.8) is 0 Å². The molecule has 1 aromatic carbocycles. The molecule has 0 bridgehead atoms. The van der Waals surface area contributed by atoms with Gasteiger partial charge in [-0.05, 0) is 24.6 Å². The van der Waals surface area contributed by atoms with Gasteiger partial charge in [-0.2, -0.15) is 0 Å². The molecule has 1 rings (SSSR count). The molecule has 0 aliphatic heterocycles. The van der Waals surface area contributed by atoms with Crippen molar-refractivity contribution in [2.75, 3.05) is 13.7 Å². The number of hydrogen-bond acceptors (Lipinski definition) is 6. The number of carbonyl (C=O) groups is 3. The molecule has 126 valence electrons. The van der Waals surface area contributed by atoms with Crippen molar-refractivity contribution < 1.29 is 31.3 Å². The average molecular weight is 325 g/mol. The summed E-state index contributed by atoms with van der Waals surface area (Å²) in [7, 11) is 1.38. The van der Waals surface area contributed by atoms with E-state index in [0.717, 1.165) is 6.92 Å². The molecule has 7 heteroatoms. The van der Waals surface area contributed by atoms with E-state index >= 15 is 0 Å². The maximum atomic E-state index is 12.1. The fourth-order valence-electron chi connectivity index (χ4n) is 1.73. The zero-order valence-corrected chi connectivity index (χ0v) is 13.5. The second kappa shape index (κ2) is 8.77. The summed E-state index contributed by atoms with van der Waals surface area (Å²) in [4.78, 5) is 34.8. The van der Waals surface area contributed by atoms with Gasteiger partial charge in [0.2, 0.25) is 5.91 Å². The molecule has 0 spiro atoms. The first-order chi connectivity index (χ1) is 11.7. The molecule has 0 fully saturated rings. The maximum absolute atomic E-state index is 12.1. The van der Waals surface area contributed by atoms with Crippen LogP contribution in [-0.2, 0) is 25.5 Å². The second-order valence-electron chi connectivity index (χ2n) is 4.46. The van der Waals surface area contributed by atoms with Gasteiger partial charge in [0.1, 0.15) is 6.02 Å². The van der Waals surface area contributed by atoms with E-state index in [1.807, 2.05) is 0 Å². The van der Waals surface area contributed by atoms with Gasteiger partial charge in [0.15, 0.2) is 11.5 Å². The topological polar surface area (TPSA) is 90.9 Å². The van der Waals surface area contributed by atoms with Gasteiger partial charge in [0, 0.05) is 21.6 Å². The zero-order valence-electron chi connectivity index (χ0n) is 15.5. The molecule has 23 heavy (non-hydrogen) atoms. The third-order valence-corrected chi connectivity index (χ3v) is 2.56. The van der Waals surface area contributed by atoms with Crippen LogP contribution in [0.15, 0.2) is 18.2 Å². The molecule has 0 aliphatic carbocycles. The van der Waals surface area contributed by atoms with Crippen molar-refractivity contribution >= 4 is 17.8 Å². The summed E-state index contributed by atoms with van der Waals surface area (Å²) >= 11 is 0. The summed E-state index contributed by atoms with van der Waals surface area (Å²) in [6.45, 7) is 3.88. The van der Waals surface area contributed by atoms with E-state index in [-0.39, 0.29) is 23.7 Å². The quantitative estimate of drug-likeness (QED) is 0.599. The molecule has 0 saturated heterocycles. The highest BCUT2D eigenvalue weighted by atomic mass is 16.6. The SMILES string of the molecule is [2H]C(c1ccc(OC)c(OC(C)=O)c1)C([2H])(NC(C)=O)C(=O)OCC. The number of carbonyl (C=O) groups excluding carboxylic acids is 3. The highest BCUT2D eigenvalue weighted by Crippen LogP contribution is 2.28. The molecule has 0 aliphatic rings. The van der Waals surface area contributed by atoms with Crippen LogP contribution in [0.5, 0.6) is 11.5 Å². The highest BCUT2D eigenvalue weighted by molar-refractivity contribution is 5.83. The van der Waals surface area contributed by atoms with E-state index in [1.165, 1.54) is 32.2 Å². The Hall–Kier alpha value is -2.57. The zero-order chi connectivity index (χ0) is 19.2. The predicted octanol–water partition coefficient (Wildman–Crippen LogP) is 1.23. The first-order valence-electron chi connectivity index (χ1n) is 7.98. The lowest BCUT2D eigenvalue weighted by Crippen LogP contribution is -2.42. The Balaban J connectivity index is 3.32. The van der Waals surface area contributed by atoms with Gasteiger partial charge >= 0.3 is 11.9 Å². The molecule has 2 atom stereocenters. The second-order valence-corrected chi connectivity index (χ2v) is 4.46. The van der Waals surface area contributed by atoms with Crippen LogP contribution in [0.25, 0.3) is 0 Å². The standard InChI is InChI=1S/C16H21NO6/c1-5-22-16(20)13(17-10(2)18)8-12-6-7-14(21-4)15(9-12)23-11(3)19/h6-7,9,13H,5,8H2,1-4H3,(H,17,18)/i8D,13D. The molecule has 1 aromatic rings. The summed E-state index contributed by atoms with van der Waals surface area (Å²) in [6.07, 6.45) is -1.53. The predicted molar refractivity (Wildman–Crippen MR) is 82.2 cm³/mol. The van der Waals surface area contributed by atoms with Gasteiger partial charge in [0.05, 0.1) is 15.1 Å². The fourth-order valence-corrected chi connectivity index (χ4v) is 1.73.